The molecule has 1 fully saturated rings. The molecule has 0 aliphatic carbocycles. The molecule has 0 radical (unpaired) electrons. The zero-order chi connectivity index (χ0) is 17.2. The Morgan fingerprint density at radius 1 is 1.12 bits per heavy atom. The number of hydrogen-bond acceptors (Lipinski definition) is 3. The molecule has 1 saturated heterocycles. The van der Waals surface area contributed by atoms with Crippen LogP contribution in [0.1, 0.15) is 34.3 Å². The van der Waals surface area contributed by atoms with Gasteiger partial charge in [0, 0.05) is 37.5 Å². The first-order valence-corrected chi connectivity index (χ1v) is 9.04. The second-order valence-corrected chi connectivity index (χ2v) is 7.10. The van der Waals surface area contributed by atoms with Gasteiger partial charge in [0.25, 0.3) is 5.91 Å². The average molecular weight is 336 g/mol. The normalized spacial score (nSPS) is 23.2. The van der Waals surface area contributed by atoms with Crippen molar-refractivity contribution >= 4 is 5.91 Å². The SMILES string of the molecule is C[C@H](Cc1ccccc1)Oc1ccc2c(c1)C(=O)NC[C@H]1CNC[C@H]21. The molecule has 0 saturated carbocycles. The minimum Gasteiger partial charge on any atom is -0.490 e. The minimum absolute atomic E-state index is 0.0190. The van der Waals surface area contributed by atoms with Crippen molar-refractivity contribution in [2.75, 3.05) is 19.6 Å². The van der Waals surface area contributed by atoms with Crippen LogP contribution >= 0.6 is 0 Å². The van der Waals surface area contributed by atoms with Crippen molar-refractivity contribution in [3.63, 3.8) is 0 Å². The number of rotatable bonds is 4. The summed E-state index contributed by atoms with van der Waals surface area (Å²) in [6, 6.07) is 16.3. The number of ether oxygens (including phenoxy) is 1. The Hall–Kier alpha value is -2.33. The first-order chi connectivity index (χ1) is 12.2. The van der Waals surface area contributed by atoms with Crippen molar-refractivity contribution in [1.82, 2.24) is 10.6 Å². The molecule has 4 heteroatoms. The maximum Gasteiger partial charge on any atom is 0.251 e. The molecule has 2 heterocycles. The molecule has 0 unspecified atom stereocenters. The second kappa shape index (κ2) is 6.89. The maximum absolute atomic E-state index is 12.5. The van der Waals surface area contributed by atoms with Crippen molar-refractivity contribution in [2.24, 2.45) is 5.92 Å². The van der Waals surface area contributed by atoms with Gasteiger partial charge in [0.05, 0.1) is 6.10 Å². The molecule has 0 spiro atoms. The Morgan fingerprint density at radius 2 is 1.96 bits per heavy atom. The smallest absolute Gasteiger partial charge is 0.251 e. The van der Waals surface area contributed by atoms with Gasteiger partial charge in [-0.3, -0.25) is 4.79 Å². The molecule has 2 aliphatic heterocycles. The number of hydrogen-bond donors (Lipinski definition) is 2. The van der Waals surface area contributed by atoms with E-state index in [1.807, 2.05) is 30.3 Å². The third-order valence-corrected chi connectivity index (χ3v) is 5.24. The molecule has 2 aromatic carbocycles. The number of benzene rings is 2. The predicted octanol–water partition coefficient (Wildman–Crippen LogP) is 2.74. The van der Waals surface area contributed by atoms with Gasteiger partial charge in [-0.25, -0.2) is 0 Å². The highest BCUT2D eigenvalue weighted by Gasteiger charge is 2.34. The fraction of sp³-hybridized carbons (Fsp3) is 0.381. The van der Waals surface area contributed by atoms with Crippen LogP contribution in [0.15, 0.2) is 48.5 Å². The van der Waals surface area contributed by atoms with Crippen LogP contribution in [0.5, 0.6) is 5.75 Å². The van der Waals surface area contributed by atoms with Crippen LogP contribution < -0.4 is 15.4 Å². The Labute approximate surface area is 148 Å². The van der Waals surface area contributed by atoms with Gasteiger partial charge in [0.2, 0.25) is 0 Å². The summed E-state index contributed by atoms with van der Waals surface area (Å²) in [5.41, 5.74) is 3.16. The third kappa shape index (κ3) is 3.40. The Bertz CT molecular complexity index is 760. The van der Waals surface area contributed by atoms with Gasteiger partial charge in [-0.15, -0.1) is 0 Å². The first-order valence-electron chi connectivity index (χ1n) is 9.04. The summed E-state index contributed by atoms with van der Waals surface area (Å²) >= 11 is 0. The van der Waals surface area contributed by atoms with E-state index in [1.54, 1.807) is 0 Å². The molecule has 4 nitrogen and oxygen atoms in total. The lowest BCUT2D eigenvalue weighted by atomic mass is 9.87. The largest absolute Gasteiger partial charge is 0.490 e. The third-order valence-electron chi connectivity index (χ3n) is 5.24. The number of nitrogens with one attached hydrogen (secondary N) is 2. The van der Waals surface area contributed by atoms with Crippen LogP contribution in [-0.4, -0.2) is 31.6 Å². The second-order valence-electron chi connectivity index (χ2n) is 7.10. The maximum atomic E-state index is 12.5. The van der Waals surface area contributed by atoms with Crippen molar-refractivity contribution in [2.45, 2.75) is 25.4 Å². The highest BCUT2D eigenvalue weighted by molar-refractivity contribution is 5.96. The lowest BCUT2D eigenvalue weighted by Crippen LogP contribution is -2.28. The molecule has 2 aromatic rings. The summed E-state index contributed by atoms with van der Waals surface area (Å²) in [4.78, 5) is 12.5. The van der Waals surface area contributed by atoms with Gasteiger partial charge in [-0.05, 0) is 36.1 Å². The molecule has 0 aromatic heterocycles. The number of fused-ring (bicyclic) bond motifs is 3. The number of carbonyl (C=O) groups excluding carboxylic acids is 1. The van der Waals surface area contributed by atoms with E-state index in [0.29, 0.717) is 11.8 Å². The van der Waals surface area contributed by atoms with Gasteiger partial charge in [-0.1, -0.05) is 36.4 Å². The van der Waals surface area contributed by atoms with Gasteiger partial charge in [-0.2, -0.15) is 0 Å². The lowest BCUT2D eigenvalue weighted by molar-refractivity contribution is 0.0951. The Balaban J connectivity index is 1.53. The summed E-state index contributed by atoms with van der Waals surface area (Å²) in [5.74, 6) is 1.67. The zero-order valence-corrected chi connectivity index (χ0v) is 14.5. The van der Waals surface area contributed by atoms with Crippen molar-refractivity contribution in [3.05, 3.63) is 65.2 Å². The summed E-state index contributed by atoms with van der Waals surface area (Å²) in [6.07, 6.45) is 0.897. The summed E-state index contributed by atoms with van der Waals surface area (Å²) in [6.45, 7) is 4.72. The predicted molar refractivity (Wildman–Crippen MR) is 98.1 cm³/mol. The molecule has 2 N–H and O–H groups in total. The molecule has 25 heavy (non-hydrogen) atoms. The zero-order valence-electron chi connectivity index (χ0n) is 14.5. The van der Waals surface area contributed by atoms with Crippen molar-refractivity contribution < 1.29 is 9.53 Å². The van der Waals surface area contributed by atoms with E-state index in [2.05, 4.69) is 35.8 Å². The fourth-order valence-electron chi connectivity index (χ4n) is 3.98. The molecule has 4 rings (SSSR count). The van der Waals surface area contributed by atoms with Gasteiger partial charge in [0.1, 0.15) is 5.75 Å². The van der Waals surface area contributed by atoms with Crippen LogP contribution in [0.4, 0.5) is 0 Å². The molecule has 3 atom stereocenters. The number of carbonyl (C=O) groups is 1. The van der Waals surface area contributed by atoms with E-state index in [-0.39, 0.29) is 12.0 Å². The highest BCUT2D eigenvalue weighted by atomic mass is 16.5. The first kappa shape index (κ1) is 16.2. The average Bonchev–Trinajstić information content (AvgIpc) is 3.04. The molecular weight excluding hydrogens is 312 g/mol. The van der Waals surface area contributed by atoms with E-state index in [9.17, 15) is 4.79 Å². The van der Waals surface area contributed by atoms with Crippen LogP contribution in [0.25, 0.3) is 0 Å². The van der Waals surface area contributed by atoms with E-state index < -0.39 is 0 Å². The standard InChI is InChI=1S/C21H24N2O2/c1-14(9-15-5-3-2-4-6-15)25-17-7-8-18-19(10-17)21(24)23-12-16-11-22-13-20(16)18/h2-8,10,14,16,20,22H,9,11-13H2,1H3,(H,23,24)/t14-,16-,20+/m1/s1. The molecule has 0 bridgehead atoms. The summed E-state index contributed by atoms with van der Waals surface area (Å²) < 4.78 is 6.09. The lowest BCUT2D eigenvalue weighted by Gasteiger charge is -2.19. The van der Waals surface area contributed by atoms with Crippen LogP contribution in [0, 0.1) is 5.92 Å². The Kier molecular flexibility index (Phi) is 4.45. The number of amides is 1. The van der Waals surface area contributed by atoms with E-state index in [0.717, 1.165) is 42.9 Å². The quantitative estimate of drug-likeness (QED) is 0.903. The van der Waals surface area contributed by atoms with Crippen LogP contribution in [-0.2, 0) is 6.42 Å². The highest BCUT2D eigenvalue weighted by Crippen LogP contribution is 2.34. The molecule has 2 aliphatic rings. The molecular formula is C21H24N2O2. The fourth-order valence-corrected chi connectivity index (χ4v) is 3.98. The minimum atomic E-state index is 0.0190. The van der Waals surface area contributed by atoms with E-state index >= 15 is 0 Å². The van der Waals surface area contributed by atoms with Gasteiger partial charge in [0.15, 0.2) is 0 Å². The van der Waals surface area contributed by atoms with Gasteiger partial charge >= 0.3 is 0 Å². The summed E-state index contributed by atoms with van der Waals surface area (Å²) in [5, 5.41) is 6.50. The molecule has 1 amide bonds. The molecule has 130 valence electrons. The van der Waals surface area contributed by atoms with E-state index in [4.69, 9.17) is 4.74 Å². The summed E-state index contributed by atoms with van der Waals surface area (Å²) in [7, 11) is 0. The van der Waals surface area contributed by atoms with Crippen molar-refractivity contribution in [1.29, 1.82) is 0 Å². The van der Waals surface area contributed by atoms with Crippen molar-refractivity contribution in [3.8, 4) is 5.75 Å². The van der Waals surface area contributed by atoms with Gasteiger partial charge < -0.3 is 15.4 Å². The monoisotopic (exact) mass is 336 g/mol. The van der Waals surface area contributed by atoms with Crippen LogP contribution in [0.3, 0.4) is 0 Å². The van der Waals surface area contributed by atoms with Crippen LogP contribution in [0.2, 0.25) is 0 Å². The Morgan fingerprint density at radius 3 is 2.80 bits per heavy atom. The van der Waals surface area contributed by atoms with E-state index in [1.165, 1.54) is 5.56 Å². The topological polar surface area (TPSA) is 50.4 Å².